The van der Waals surface area contributed by atoms with Crippen molar-refractivity contribution in [3.05, 3.63) is 75.8 Å². The van der Waals surface area contributed by atoms with Gasteiger partial charge < -0.3 is 15.4 Å². The van der Waals surface area contributed by atoms with Gasteiger partial charge in [-0.25, -0.2) is 9.97 Å². The van der Waals surface area contributed by atoms with Gasteiger partial charge in [-0.3, -0.25) is 4.79 Å². The molecule has 3 rings (SSSR count). The summed E-state index contributed by atoms with van der Waals surface area (Å²) in [5, 5.41) is 12.3. The number of H-pyrrole nitrogens is 1. The molecule has 0 amide bonds. The highest BCUT2D eigenvalue weighted by molar-refractivity contribution is 5.55. The number of rotatable bonds is 7. The summed E-state index contributed by atoms with van der Waals surface area (Å²) in [6, 6.07) is 13.2. The van der Waals surface area contributed by atoms with E-state index in [1.54, 1.807) is 6.20 Å². The van der Waals surface area contributed by atoms with Crippen LogP contribution in [0.4, 0.5) is 5.82 Å². The van der Waals surface area contributed by atoms with Gasteiger partial charge in [-0.1, -0.05) is 31.2 Å². The fourth-order valence-electron chi connectivity index (χ4n) is 2.61. The predicted molar refractivity (Wildman–Crippen MR) is 102 cm³/mol. The average Bonchev–Trinajstić information content (AvgIpc) is 2.68. The molecule has 134 valence electrons. The van der Waals surface area contributed by atoms with Gasteiger partial charge in [0.1, 0.15) is 11.6 Å². The first-order valence-corrected chi connectivity index (χ1v) is 8.67. The molecule has 0 saturated heterocycles. The fourth-order valence-corrected chi connectivity index (χ4v) is 2.61. The first kappa shape index (κ1) is 17.8. The van der Waals surface area contributed by atoms with Crippen LogP contribution in [0, 0.1) is 0 Å². The topological polar surface area (TPSA) is 90.9 Å². The standard InChI is InChI=1S/C20H22N4O2/c1-2-17-11-19(26)24-20(23-17)16-7-8-18(22-12-16)21-10-9-14-3-5-15(13-25)6-4-14/h3-8,11-12,25H,2,9-10,13H2,1H3,(H,21,22)(H,23,24,26). The normalized spacial score (nSPS) is 10.7. The van der Waals surface area contributed by atoms with E-state index < -0.39 is 0 Å². The fraction of sp³-hybridized carbons (Fsp3) is 0.250. The molecule has 6 heteroatoms. The molecule has 0 aliphatic rings. The van der Waals surface area contributed by atoms with Crippen LogP contribution in [0.3, 0.4) is 0 Å². The van der Waals surface area contributed by atoms with Crippen LogP contribution in [0.15, 0.2) is 53.5 Å². The van der Waals surface area contributed by atoms with E-state index in [1.165, 1.54) is 11.6 Å². The van der Waals surface area contributed by atoms with Crippen LogP contribution in [-0.2, 0) is 19.4 Å². The lowest BCUT2D eigenvalue weighted by Crippen LogP contribution is -2.10. The molecule has 0 fully saturated rings. The Kier molecular flexibility index (Phi) is 5.76. The number of aromatic amines is 1. The van der Waals surface area contributed by atoms with Crippen LogP contribution in [0.25, 0.3) is 11.4 Å². The summed E-state index contributed by atoms with van der Waals surface area (Å²) in [7, 11) is 0. The second kappa shape index (κ2) is 8.40. The quantitative estimate of drug-likeness (QED) is 0.609. The minimum absolute atomic E-state index is 0.0656. The number of aromatic nitrogens is 3. The molecule has 1 aromatic carbocycles. The number of nitrogens with zero attached hydrogens (tertiary/aromatic N) is 2. The largest absolute Gasteiger partial charge is 0.392 e. The predicted octanol–water partition coefficient (Wildman–Crippen LogP) is 2.54. The summed E-state index contributed by atoms with van der Waals surface area (Å²) in [6.07, 6.45) is 3.28. The highest BCUT2D eigenvalue weighted by atomic mass is 16.3. The van der Waals surface area contributed by atoms with Crippen molar-refractivity contribution in [2.75, 3.05) is 11.9 Å². The summed E-state index contributed by atoms with van der Waals surface area (Å²) in [5.41, 5.74) is 3.50. The van der Waals surface area contributed by atoms with Gasteiger partial charge in [-0.05, 0) is 36.1 Å². The summed E-state index contributed by atoms with van der Waals surface area (Å²) in [4.78, 5) is 23.3. The molecule has 0 atom stereocenters. The SMILES string of the molecule is CCc1cc(=O)[nH]c(-c2ccc(NCCc3ccc(CO)cc3)nc2)n1. The molecule has 3 aromatic rings. The minimum Gasteiger partial charge on any atom is -0.392 e. The second-order valence-corrected chi connectivity index (χ2v) is 6.02. The molecule has 0 radical (unpaired) electrons. The Morgan fingerprint density at radius 3 is 2.54 bits per heavy atom. The van der Waals surface area contributed by atoms with E-state index in [2.05, 4.69) is 20.3 Å². The maximum atomic E-state index is 11.7. The van der Waals surface area contributed by atoms with Crippen LogP contribution in [-0.4, -0.2) is 26.6 Å². The number of anilines is 1. The number of benzene rings is 1. The molecule has 0 aliphatic heterocycles. The number of nitrogens with one attached hydrogen (secondary N) is 2. The van der Waals surface area contributed by atoms with Gasteiger partial charge in [0.05, 0.1) is 6.61 Å². The number of hydrogen-bond acceptors (Lipinski definition) is 5. The smallest absolute Gasteiger partial charge is 0.251 e. The van der Waals surface area contributed by atoms with E-state index in [1.807, 2.05) is 43.3 Å². The van der Waals surface area contributed by atoms with Crippen LogP contribution < -0.4 is 10.9 Å². The van der Waals surface area contributed by atoms with E-state index in [0.29, 0.717) is 12.2 Å². The first-order valence-electron chi connectivity index (χ1n) is 8.67. The molecule has 0 saturated carbocycles. The molecule has 6 nitrogen and oxygen atoms in total. The lowest BCUT2D eigenvalue weighted by Gasteiger charge is -2.07. The van der Waals surface area contributed by atoms with Crippen molar-refractivity contribution in [2.45, 2.75) is 26.4 Å². The van der Waals surface area contributed by atoms with Crippen LogP contribution >= 0.6 is 0 Å². The summed E-state index contributed by atoms with van der Waals surface area (Å²) >= 11 is 0. The van der Waals surface area contributed by atoms with Crippen molar-refractivity contribution >= 4 is 5.82 Å². The third-order valence-corrected chi connectivity index (χ3v) is 4.12. The molecule has 0 aliphatic carbocycles. The summed E-state index contributed by atoms with van der Waals surface area (Å²) in [5.74, 6) is 1.31. The van der Waals surface area contributed by atoms with E-state index in [-0.39, 0.29) is 12.2 Å². The third kappa shape index (κ3) is 4.55. The first-order chi connectivity index (χ1) is 12.7. The Labute approximate surface area is 152 Å². The van der Waals surface area contributed by atoms with Gasteiger partial charge in [0.15, 0.2) is 0 Å². The minimum atomic E-state index is -0.152. The lowest BCUT2D eigenvalue weighted by atomic mass is 10.1. The molecular formula is C20H22N4O2. The molecule has 2 heterocycles. The summed E-state index contributed by atoms with van der Waals surface area (Å²) in [6.45, 7) is 2.79. The average molecular weight is 350 g/mol. The van der Waals surface area contributed by atoms with Gasteiger partial charge in [0.25, 0.3) is 5.56 Å². The van der Waals surface area contributed by atoms with Gasteiger partial charge in [-0.2, -0.15) is 0 Å². The molecule has 0 bridgehead atoms. The number of aryl methyl sites for hydroxylation is 1. The molecule has 3 N–H and O–H groups in total. The Balaban J connectivity index is 1.60. The Hall–Kier alpha value is -2.99. The van der Waals surface area contributed by atoms with Crippen molar-refractivity contribution in [3.8, 4) is 11.4 Å². The molecule has 2 aromatic heterocycles. The van der Waals surface area contributed by atoms with E-state index >= 15 is 0 Å². The zero-order valence-electron chi connectivity index (χ0n) is 14.7. The Morgan fingerprint density at radius 1 is 1.12 bits per heavy atom. The van der Waals surface area contributed by atoms with Gasteiger partial charge in [0.2, 0.25) is 0 Å². The highest BCUT2D eigenvalue weighted by Crippen LogP contribution is 2.15. The molecule has 26 heavy (non-hydrogen) atoms. The number of aliphatic hydroxyl groups excluding tert-OH is 1. The second-order valence-electron chi connectivity index (χ2n) is 6.02. The third-order valence-electron chi connectivity index (χ3n) is 4.12. The van der Waals surface area contributed by atoms with Gasteiger partial charge in [0, 0.05) is 30.1 Å². The van der Waals surface area contributed by atoms with E-state index in [4.69, 9.17) is 5.11 Å². The van der Waals surface area contributed by atoms with Crippen LogP contribution in [0.5, 0.6) is 0 Å². The van der Waals surface area contributed by atoms with E-state index in [9.17, 15) is 4.79 Å². The zero-order valence-corrected chi connectivity index (χ0v) is 14.7. The van der Waals surface area contributed by atoms with Crippen molar-refractivity contribution in [1.82, 2.24) is 15.0 Å². The maximum absolute atomic E-state index is 11.7. The Morgan fingerprint density at radius 2 is 1.88 bits per heavy atom. The maximum Gasteiger partial charge on any atom is 0.251 e. The number of aliphatic hydroxyl groups is 1. The van der Waals surface area contributed by atoms with Crippen molar-refractivity contribution in [2.24, 2.45) is 0 Å². The van der Waals surface area contributed by atoms with Crippen LogP contribution in [0.2, 0.25) is 0 Å². The summed E-state index contributed by atoms with van der Waals surface area (Å²) < 4.78 is 0. The van der Waals surface area contributed by atoms with Crippen molar-refractivity contribution < 1.29 is 5.11 Å². The Bertz CT molecular complexity index is 902. The van der Waals surface area contributed by atoms with Gasteiger partial charge >= 0.3 is 0 Å². The lowest BCUT2D eigenvalue weighted by molar-refractivity contribution is 0.282. The van der Waals surface area contributed by atoms with E-state index in [0.717, 1.165) is 35.6 Å². The monoisotopic (exact) mass is 350 g/mol. The number of hydrogen-bond donors (Lipinski definition) is 3. The molecule has 0 unspecified atom stereocenters. The van der Waals surface area contributed by atoms with Crippen LogP contribution in [0.1, 0.15) is 23.7 Å². The molecule has 0 spiro atoms. The van der Waals surface area contributed by atoms with Crippen molar-refractivity contribution in [3.63, 3.8) is 0 Å². The van der Waals surface area contributed by atoms with Crippen molar-refractivity contribution in [1.29, 1.82) is 0 Å². The molecular weight excluding hydrogens is 328 g/mol. The zero-order chi connectivity index (χ0) is 18.4. The number of pyridine rings is 1. The van der Waals surface area contributed by atoms with Gasteiger partial charge in [-0.15, -0.1) is 0 Å². The highest BCUT2D eigenvalue weighted by Gasteiger charge is 2.04.